The van der Waals surface area contributed by atoms with Crippen molar-refractivity contribution in [2.45, 2.75) is 73.1 Å². The fraction of sp³-hybridized carbons (Fsp3) is 0.333. The molecule has 1 N–H and O–H groups in total. The van der Waals surface area contributed by atoms with Crippen LogP contribution in [0.2, 0.25) is 0 Å². The van der Waals surface area contributed by atoms with Gasteiger partial charge in [0.15, 0.2) is 0 Å². The number of nitrogens with one attached hydrogen (secondary N) is 1. The molecule has 0 bridgehead atoms. The summed E-state index contributed by atoms with van der Waals surface area (Å²) in [5, 5.41) is 6.05. The first-order chi connectivity index (χ1) is 20.9. The first kappa shape index (κ1) is 34.5. The van der Waals surface area contributed by atoms with Crippen molar-refractivity contribution in [1.82, 2.24) is 4.90 Å². The average Bonchev–Trinajstić information content (AvgIpc) is 3.01. The summed E-state index contributed by atoms with van der Waals surface area (Å²) < 4.78 is 0. The quantitative estimate of drug-likeness (QED) is 0.263. The molecule has 1 heterocycles. The molecule has 232 valence electrons. The van der Waals surface area contributed by atoms with E-state index in [1.165, 1.54) is 50.0 Å². The third-order valence-electron chi connectivity index (χ3n) is 8.70. The summed E-state index contributed by atoms with van der Waals surface area (Å²) in [5.41, 5.74) is 8.77. The van der Waals surface area contributed by atoms with Gasteiger partial charge in [-0.3, -0.25) is 0 Å². The number of hydrogen-bond acceptors (Lipinski definition) is 2. The van der Waals surface area contributed by atoms with E-state index in [9.17, 15) is 0 Å². The van der Waals surface area contributed by atoms with E-state index in [0.717, 1.165) is 19.3 Å². The van der Waals surface area contributed by atoms with Gasteiger partial charge in [0.1, 0.15) is 0 Å². The predicted molar refractivity (Wildman–Crippen MR) is 197 cm³/mol. The molecule has 2 aromatic carbocycles. The van der Waals surface area contributed by atoms with Crippen LogP contribution in [0.5, 0.6) is 0 Å². The zero-order valence-electron chi connectivity index (χ0n) is 28.7. The Hall–Kier alpha value is -4.04. The molecule has 1 aliphatic heterocycles. The van der Waals surface area contributed by atoms with E-state index in [0.29, 0.717) is 0 Å². The van der Waals surface area contributed by atoms with Gasteiger partial charge in [-0.05, 0) is 77.8 Å². The second-order valence-corrected chi connectivity index (χ2v) is 13.0. The summed E-state index contributed by atoms with van der Waals surface area (Å²) in [6.07, 6.45) is 29.3. The molecule has 0 unspecified atom stereocenters. The summed E-state index contributed by atoms with van der Waals surface area (Å²) in [6.45, 7) is 19.8. The third-order valence-corrected chi connectivity index (χ3v) is 8.70. The molecule has 0 fully saturated rings. The second kappa shape index (κ2) is 15.6. The highest BCUT2D eigenvalue weighted by atomic mass is 15.1. The Morgan fingerprint density at radius 1 is 1.11 bits per heavy atom. The van der Waals surface area contributed by atoms with Gasteiger partial charge in [0.2, 0.25) is 0 Å². The van der Waals surface area contributed by atoms with Crippen LogP contribution in [0.4, 0.5) is 5.69 Å². The van der Waals surface area contributed by atoms with Crippen molar-refractivity contribution in [2.75, 3.05) is 19.4 Å². The van der Waals surface area contributed by atoms with Crippen LogP contribution in [0.25, 0.3) is 10.8 Å². The Morgan fingerprint density at radius 3 is 2.57 bits per heavy atom. The van der Waals surface area contributed by atoms with Crippen molar-refractivity contribution < 1.29 is 0 Å². The van der Waals surface area contributed by atoms with E-state index in [2.05, 4.69) is 170 Å². The van der Waals surface area contributed by atoms with Gasteiger partial charge < -0.3 is 10.2 Å². The number of nitrogens with zero attached hydrogens (tertiary/aromatic N) is 1. The fourth-order valence-electron chi connectivity index (χ4n) is 5.96. The number of allylic oxidation sites excluding steroid dienone is 15. The lowest BCUT2D eigenvalue weighted by atomic mass is 9.78. The largest absolute Gasteiger partial charge is 0.388 e. The van der Waals surface area contributed by atoms with E-state index in [-0.39, 0.29) is 10.8 Å². The number of benzene rings is 2. The maximum Gasteiger partial charge on any atom is 0.0382 e. The van der Waals surface area contributed by atoms with Crippen LogP contribution in [-0.2, 0) is 5.41 Å². The monoisotopic (exact) mass is 586 g/mol. The Labute approximate surface area is 268 Å². The van der Waals surface area contributed by atoms with Crippen LogP contribution in [0.3, 0.4) is 0 Å². The molecule has 1 aliphatic rings. The minimum Gasteiger partial charge on any atom is -0.388 e. The van der Waals surface area contributed by atoms with Crippen molar-refractivity contribution in [1.29, 1.82) is 0 Å². The lowest BCUT2D eigenvalue weighted by molar-refractivity contribution is 0.397. The van der Waals surface area contributed by atoms with E-state index in [1.54, 1.807) is 0 Å². The lowest BCUT2D eigenvalue weighted by Crippen LogP contribution is -2.26. The van der Waals surface area contributed by atoms with Crippen LogP contribution in [0.15, 0.2) is 144 Å². The second-order valence-electron chi connectivity index (χ2n) is 13.0. The van der Waals surface area contributed by atoms with Crippen LogP contribution >= 0.6 is 0 Å². The van der Waals surface area contributed by atoms with Gasteiger partial charge >= 0.3 is 0 Å². The van der Waals surface area contributed by atoms with Gasteiger partial charge in [0.05, 0.1) is 0 Å². The number of fused-ring (bicyclic) bond motifs is 1. The van der Waals surface area contributed by atoms with Crippen molar-refractivity contribution >= 4 is 16.5 Å². The summed E-state index contributed by atoms with van der Waals surface area (Å²) in [4.78, 5) is 2.25. The van der Waals surface area contributed by atoms with Gasteiger partial charge in [-0.25, -0.2) is 0 Å². The van der Waals surface area contributed by atoms with Gasteiger partial charge in [0.25, 0.3) is 0 Å². The number of hydrogen-bond donors (Lipinski definition) is 1. The zero-order chi connectivity index (χ0) is 32.3. The van der Waals surface area contributed by atoms with Crippen molar-refractivity contribution in [3.63, 3.8) is 0 Å². The minimum absolute atomic E-state index is 0.0231. The van der Waals surface area contributed by atoms with Crippen LogP contribution in [-0.4, -0.2) is 19.0 Å². The number of rotatable bonds is 11. The van der Waals surface area contributed by atoms with Crippen LogP contribution in [0.1, 0.15) is 73.3 Å². The first-order valence-corrected chi connectivity index (χ1v) is 16.0. The van der Waals surface area contributed by atoms with Gasteiger partial charge in [-0.2, -0.15) is 0 Å². The zero-order valence-corrected chi connectivity index (χ0v) is 28.7. The standard InChI is InChI=1S/C42H54N2/c1-11-13-20-35-21-17-29-44(10)39(42(7,8)33(4)31-35)27-24-34(18-12-2)30-32(3)19-16-28-41(5,6)40-37-23-15-14-22-36(37)25-26-38(40)43-9/h11,13-17,19-27,29-31,43H,1,12,18,28H2,2-10H3/b19-16+,20-13-,29-17+,32-30+,33-31?,34-24+,35-21-,39-27+. The molecule has 44 heavy (non-hydrogen) atoms. The van der Waals surface area contributed by atoms with Gasteiger partial charge in [0, 0.05) is 37.1 Å². The normalized spacial score (nSPS) is 19.5. The van der Waals surface area contributed by atoms with Crippen LogP contribution < -0.4 is 5.32 Å². The summed E-state index contributed by atoms with van der Waals surface area (Å²) in [7, 11) is 4.16. The predicted octanol–water partition coefficient (Wildman–Crippen LogP) is 11.8. The van der Waals surface area contributed by atoms with E-state index in [1.807, 2.05) is 19.2 Å². The third kappa shape index (κ3) is 8.76. The Morgan fingerprint density at radius 2 is 1.86 bits per heavy atom. The molecule has 2 heteroatoms. The molecule has 3 rings (SSSR count). The molecule has 0 aliphatic carbocycles. The maximum absolute atomic E-state index is 3.82. The van der Waals surface area contributed by atoms with E-state index in [4.69, 9.17) is 0 Å². The highest BCUT2D eigenvalue weighted by Crippen LogP contribution is 2.39. The molecular formula is C42H54N2. The topological polar surface area (TPSA) is 15.3 Å². The summed E-state index contributed by atoms with van der Waals surface area (Å²) >= 11 is 0. The summed E-state index contributed by atoms with van der Waals surface area (Å²) in [5.74, 6) is 0. The molecule has 0 atom stereocenters. The molecule has 0 saturated carbocycles. The van der Waals surface area contributed by atoms with E-state index < -0.39 is 0 Å². The molecule has 2 nitrogen and oxygen atoms in total. The highest BCUT2D eigenvalue weighted by Gasteiger charge is 2.28. The van der Waals surface area contributed by atoms with Crippen LogP contribution in [0, 0.1) is 5.41 Å². The minimum atomic E-state index is -0.142. The van der Waals surface area contributed by atoms with Crippen molar-refractivity contribution in [2.24, 2.45) is 5.41 Å². The Bertz CT molecular complexity index is 1560. The number of anilines is 1. The maximum atomic E-state index is 3.82. The SMILES string of the molecule is C=C\C=C/C1=C/C=C/N(C)/C(=C/C=C(/C=C(C)/C=C/CC(C)(C)c2c(NC)ccc3ccccc23)CCC)C(C)(C)C(C)=C1. The van der Waals surface area contributed by atoms with Gasteiger partial charge in [-0.1, -0.05) is 144 Å². The molecular weight excluding hydrogens is 532 g/mol. The van der Waals surface area contributed by atoms with E-state index >= 15 is 0 Å². The first-order valence-electron chi connectivity index (χ1n) is 16.0. The highest BCUT2D eigenvalue weighted by molar-refractivity contribution is 5.91. The summed E-state index contributed by atoms with van der Waals surface area (Å²) in [6, 6.07) is 13.1. The van der Waals surface area contributed by atoms with Crippen molar-refractivity contribution in [3.8, 4) is 0 Å². The molecule has 0 aromatic heterocycles. The lowest BCUT2D eigenvalue weighted by Gasteiger charge is -2.34. The molecule has 0 amide bonds. The average molecular weight is 587 g/mol. The Kier molecular flexibility index (Phi) is 12.2. The molecule has 0 spiro atoms. The van der Waals surface area contributed by atoms with Crippen molar-refractivity contribution in [3.05, 3.63) is 150 Å². The smallest absolute Gasteiger partial charge is 0.0382 e. The molecule has 0 radical (unpaired) electrons. The fourth-order valence-corrected chi connectivity index (χ4v) is 5.96. The molecule has 2 aromatic rings. The van der Waals surface area contributed by atoms with Gasteiger partial charge in [-0.15, -0.1) is 0 Å². The Balaban J connectivity index is 1.90. The molecule has 0 saturated heterocycles.